The van der Waals surface area contributed by atoms with E-state index in [0.29, 0.717) is 11.1 Å². The van der Waals surface area contributed by atoms with Crippen molar-refractivity contribution in [2.75, 3.05) is 19.5 Å². The van der Waals surface area contributed by atoms with Gasteiger partial charge in [-0.1, -0.05) is 0 Å². The summed E-state index contributed by atoms with van der Waals surface area (Å²) in [5.41, 5.74) is 1.28. The lowest BCUT2D eigenvalue weighted by Gasteiger charge is -2.13. The molecule has 17 heavy (non-hydrogen) atoms. The van der Waals surface area contributed by atoms with Crippen molar-refractivity contribution in [2.24, 2.45) is 0 Å². The first-order chi connectivity index (χ1) is 8.06. The predicted octanol–water partition coefficient (Wildman–Crippen LogP) is 3.32. The van der Waals surface area contributed by atoms with Crippen LogP contribution in [0, 0.1) is 12.7 Å². The molecule has 0 aliphatic carbocycles. The lowest BCUT2D eigenvalue weighted by molar-refractivity contribution is 0.195. The van der Waals surface area contributed by atoms with E-state index in [1.807, 2.05) is 0 Å². The van der Waals surface area contributed by atoms with Gasteiger partial charge in [0.2, 0.25) is 0 Å². The van der Waals surface area contributed by atoms with E-state index in [-0.39, 0.29) is 5.82 Å². The Bertz CT molecular complexity index is 367. The van der Waals surface area contributed by atoms with Crippen LogP contribution in [0.15, 0.2) is 17.0 Å². The van der Waals surface area contributed by atoms with Crippen LogP contribution in [0.3, 0.4) is 0 Å². The summed E-state index contributed by atoms with van der Waals surface area (Å²) in [4.78, 5) is 0.954. The summed E-state index contributed by atoms with van der Waals surface area (Å²) in [6.07, 6.45) is 0.298. The number of benzene rings is 1. The third kappa shape index (κ3) is 4.30. The van der Waals surface area contributed by atoms with Crippen molar-refractivity contribution in [3.8, 4) is 0 Å². The molecule has 96 valence electrons. The Morgan fingerprint density at radius 2 is 2.18 bits per heavy atom. The molecule has 0 fully saturated rings. The number of thioether (sulfide) groups is 1. The lowest BCUT2D eigenvalue weighted by Crippen LogP contribution is -1.98. The zero-order valence-electron chi connectivity index (χ0n) is 10.5. The largest absolute Gasteiger partial charge is 0.389 e. The maximum Gasteiger partial charge on any atom is 0.126 e. The van der Waals surface area contributed by atoms with E-state index in [9.17, 15) is 9.50 Å². The van der Waals surface area contributed by atoms with Crippen molar-refractivity contribution in [2.45, 2.75) is 31.3 Å². The normalized spacial score (nSPS) is 12.8. The van der Waals surface area contributed by atoms with Crippen LogP contribution in [0.25, 0.3) is 0 Å². The molecule has 1 rings (SSSR count). The van der Waals surface area contributed by atoms with Crippen LogP contribution >= 0.6 is 11.8 Å². The van der Waals surface area contributed by atoms with Crippen LogP contribution in [-0.4, -0.2) is 24.6 Å². The minimum atomic E-state index is -0.643. The van der Waals surface area contributed by atoms with Crippen LogP contribution < -0.4 is 0 Å². The van der Waals surface area contributed by atoms with E-state index < -0.39 is 6.10 Å². The third-order valence-corrected chi connectivity index (χ3v) is 3.65. The molecule has 4 heteroatoms. The Kier molecular flexibility index (Phi) is 5.95. The number of rotatable bonds is 6. The number of hydrogen-bond donors (Lipinski definition) is 1. The van der Waals surface area contributed by atoms with E-state index >= 15 is 0 Å². The molecule has 0 aliphatic rings. The summed E-state index contributed by atoms with van der Waals surface area (Å²) in [7, 11) is 1.67. The van der Waals surface area contributed by atoms with Crippen molar-refractivity contribution in [3.63, 3.8) is 0 Å². The van der Waals surface area contributed by atoms with Gasteiger partial charge >= 0.3 is 0 Å². The summed E-state index contributed by atoms with van der Waals surface area (Å²) < 4.78 is 18.4. The van der Waals surface area contributed by atoms with E-state index in [2.05, 4.69) is 0 Å². The van der Waals surface area contributed by atoms with E-state index in [1.54, 1.807) is 38.8 Å². The third-order valence-electron chi connectivity index (χ3n) is 2.49. The maximum absolute atomic E-state index is 13.4. The standard InChI is InChI=1S/C13H19FO2S/c1-9-7-13(17-6-4-5-16-3)11(10(2)15)8-12(9)14/h7-8,10,15H,4-6H2,1-3H3. The second-order valence-corrected chi connectivity index (χ2v) is 5.15. The molecule has 0 spiro atoms. The number of aryl methyl sites for hydroxylation is 1. The van der Waals surface area contributed by atoms with Crippen molar-refractivity contribution in [1.29, 1.82) is 0 Å². The lowest BCUT2D eigenvalue weighted by atomic mass is 10.1. The van der Waals surface area contributed by atoms with E-state index in [0.717, 1.165) is 23.7 Å². The highest BCUT2D eigenvalue weighted by molar-refractivity contribution is 7.99. The molecule has 1 aromatic carbocycles. The minimum absolute atomic E-state index is 0.262. The van der Waals surface area contributed by atoms with Gasteiger partial charge in [0, 0.05) is 24.4 Å². The van der Waals surface area contributed by atoms with Crippen molar-refractivity contribution >= 4 is 11.8 Å². The summed E-state index contributed by atoms with van der Waals surface area (Å²) in [5, 5.41) is 9.62. The molecule has 0 radical (unpaired) electrons. The molecule has 1 atom stereocenters. The fourth-order valence-corrected chi connectivity index (χ4v) is 2.65. The number of hydrogen-bond acceptors (Lipinski definition) is 3. The fraction of sp³-hybridized carbons (Fsp3) is 0.538. The molecule has 1 unspecified atom stereocenters. The summed E-state index contributed by atoms with van der Waals surface area (Å²) >= 11 is 1.63. The topological polar surface area (TPSA) is 29.5 Å². The van der Waals surface area contributed by atoms with Crippen LogP contribution in [0.2, 0.25) is 0 Å². The predicted molar refractivity (Wildman–Crippen MR) is 69.0 cm³/mol. The average molecular weight is 258 g/mol. The van der Waals surface area contributed by atoms with Gasteiger partial charge in [0.15, 0.2) is 0 Å². The molecule has 1 aromatic rings. The molecule has 2 nitrogen and oxygen atoms in total. The van der Waals surface area contributed by atoms with Gasteiger partial charge in [-0.25, -0.2) is 4.39 Å². The summed E-state index contributed by atoms with van der Waals surface area (Å²) in [6.45, 7) is 4.11. The number of aliphatic hydroxyl groups excluding tert-OH is 1. The van der Waals surface area contributed by atoms with Crippen LogP contribution in [0.5, 0.6) is 0 Å². The highest BCUT2D eigenvalue weighted by Gasteiger charge is 2.11. The van der Waals surface area contributed by atoms with Gasteiger partial charge in [0.1, 0.15) is 5.82 Å². The number of ether oxygens (including phenoxy) is 1. The first-order valence-electron chi connectivity index (χ1n) is 5.66. The maximum atomic E-state index is 13.4. The second-order valence-electron chi connectivity index (χ2n) is 4.01. The van der Waals surface area contributed by atoms with Gasteiger partial charge in [-0.15, -0.1) is 11.8 Å². The SMILES string of the molecule is COCCCSc1cc(C)c(F)cc1C(C)O. The van der Waals surface area contributed by atoms with Crippen molar-refractivity contribution < 1.29 is 14.2 Å². The number of aliphatic hydroxyl groups is 1. The average Bonchev–Trinajstić information content (AvgIpc) is 2.28. The Morgan fingerprint density at radius 1 is 1.47 bits per heavy atom. The zero-order valence-corrected chi connectivity index (χ0v) is 11.3. The van der Waals surface area contributed by atoms with Crippen molar-refractivity contribution in [1.82, 2.24) is 0 Å². The Balaban J connectivity index is 2.78. The van der Waals surface area contributed by atoms with Gasteiger partial charge in [-0.3, -0.25) is 0 Å². The molecular formula is C13H19FO2S. The second kappa shape index (κ2) is 6.99. The molecule has 0 aromatic heterocycles. The van der Waals surface area contributed by atoms with Gasteiger partial charge in [-0.05, 0) is 43.5 Å². The summed E-state index contributed by atoms with van der Waals surface area (Å²) in [6, 6.07) is 3.23. The first kappa shape index (κ1) is 14.5. The highest BCUT2D eigenvalue weighted by atomic mass is 32.2. The van der Waals surface area contributed by atoms with Crippen LogP contribution in [-0.2, 0) is 4.74 Å². The van der Waals surface area contributed by atoms with Crippen molar-refractivity contribution in [3.05, 3.63) is 29.1 Å². The monoisotopic (exact) mass is 258 g/mol. The van der Waals surface area contributed by atoms with Gasteiger partial charge in [0.05, 0.1) is 6.10 Å². The molecule has 0 heterocycles. The number of halogens is 1. The molecule has 0 saturated heterocycles. The van der Waals surface area contributed by atoms with Gasteiger partial charge in [-0.2, -0.15) is 0 Å². The molecular weight excluding hydrogens is 239 g/mol. The molecule has 0 amide bonds. The zero-order chi connectivity index (χ0) is 12.8. The van der Waals surface area contributed by atoms with Crippen LogP contribution in [0.4, 0.5) is 4.39 Å². The Morgan fingerprint density at radius 3 is 2.76 bits per heavy atom. The van der Waals surface area contributed by atoms with E-state index in [1.165, 1.54) is 6.07 Å². The minimum Gasteiger partial charge on any atom is -0.389 e. The first-order valence-corrected chi connectivity index (χ1v) is 6.64. The highest BCUT2D eigenvalue weighted by Crippen LogP contribution is 2.30. The van der Waals surface area contributed by atoms with Gasteiger partial charge < -0.3 is 9.84 Å². The smallest absolute Gasteiger partial charge is 0.126 e. The molecule has 0 bridgehead atoms. The fourth-order valence-electron chi connectivity index (χ4n) is 1.51. The number of methoxy groups -OCH3 is 1. The Hall–Kier alpha value is -0.580. The quantitative estimate of drug-likeness (QED) is 0.627. The van der Waals surface area contributed by atoms with E-state index in [4.69, 9.17) is 4.74 Å². The molecule has 1 N–H and O–H groups in total. The molecule has 0 saturated carbocycles. The van der Waals surface area contributed by atoms with Crippen LogP contribution in [0.1, 0.15) is 30.6 Å². The van der Waals surface area contributed by atoms with Gasteiger partial charge in [0.25, 0.3) is 0 Å². The molecule has 0 aliphatic heterocycles. The Labute approximate surface area is 106 Å². The summed E-state index contributed by atoms with van der Waals surface area (Å²) in [5.74, 6) is 0.640.